The van der Waals surface area contributed by atoms with Gasteiger partial charge in [-0.1, -0.05) is 18.2 Å². The summed E-state index contributed by atoms with van der Waals surface area (Å²) in [6.45, 7) is 2.76. The summed E-state index contributed by atoms with van der Waals surface area (Å²) in [6, 6.07) is 8.07. The minimum absolute atomic E-state index is 0.0822. The molecular formula is C15H21N3O2. The smallest absolute Gasteiger partial charge is 0.221 e. The molecule has 0 atom stereocenters. The molecule has 2 rings (SSSR count). The Kier molecular flexibility index (Phi) is 5.12. The lowest BCUT2D eigenvalue weighted by Gasteiger charge is -2.10. The third kappa shape index (κ3) is 5.01. The van der Waals surface area contributed by atoms with E-state index in [4.69, 9.17) is 0 Å². The maximum Gasteiger partial charge on any atom is 0.221 e. The molecule has 2 amide bonds. The molecule has 1 fully saturated rings. The number of anilines is 1. The lowest BCUT2D eigenvalue weighted by atomic mass is 10.1. The van der Waals surface area contributed by atoms with Crippen molar-refractivity contribution in [2.75, 3.05) is 11.9 Å². The fourth-order valence-corrected chi connectivity index (χ4v) is 1.94. The van der Waals surface area contributed by atoms with Gasteiger partial charge in [0.15, 0.2) is 0 Å². The van der Waals surface area contributed by atoms with Crippen LogP contribution >= 0.6 is 0 Å². The van der Waals surface area contributed by atoms with Gasteiger partial charge in [-0.2, -0.15) is 0 Å². The first-order valence-electron chi connectivity index (χ1n) is 7.00. The van der Waals surface area contributed by atoms with Crippen molar-refractivity contribution < 1.29 is 9.59 Å². The summed E-state index contributed by atoms with van der Waals surface area (Å²) < 4.78 is 0. The summed E-state index contributed by atoms with van der Waals surface area (Å²) in [6.07, 6.45) is 2.71. The van der Waals surface area contributed by atoms with Crippen molar-refractivity contribution in [3.8, 4) is 0 Å². The molecule has 0 bridgehead atoms. The van der Waals surface area contributed by atoms with E-state index in [0.717, 1.165) is 24.1 Å². The standard InChI is InChI=1S/C15H21N3O2/c1-11(19)17-14-5-3-2-4-12(14)10-16-9-8-15(20)18-13-6-7-13/h2-5,13,16H,6-10H2,1H3,(H,17,19)(H,18,20). The zero-order chi connectivity index (χ0) is 14.4. The number of benzene rings is 1. The molecular weight excluding hydrogens is 254 g/mol. The van der Waals surface area contributed by atoms with E-state index in [2.05, 4.69) is 16.0 Å². The van der Waals surface area contributed by atoms with Crippen LogP contribution in [0.4, 0.5) is 5.69 Å². The fourth-order valence-electron chi connectivity index (χ4n) is 1.94. The largest absolute Gasteiger partial charge is 0.353 e. The second-order valence-electron chi connectivity index (χ2n) is 5.11. The minimum atomic E-state index is -0.0822. The summed E-state index contributed by atoms with van der Waals surface area (Å²) in [5.41, 5.74) is 1.83. The second-order valence-corrected chi connectivity index (χ2v) is 5.11. The van der Waals surface area contributed by atoms with Gasteiger partial charge in [-0.05, 0) is 24.5 Å². The van der Waals surface area contributed by atoms with Crippen molar-refractivity contribution >= 4 is 17.5 Å². The van der Waals surface area contributed by atoms with Crippen LogP contribution in [0.5, 0.6) is 0 Å². The van der Waals surface area contributed by atoms with Crippen molar-refractivity contribution in [1.82, 2.24) is 10.6 Å². The van der Waals surface area contributed by atoms with Gasteiger partial charge in [0.1, 0.15) is 0 Å². The molecule has 0 aliphatic heterocycles. The summed E-state index contributed by atoms with van der Waals surface area (Å²) in [4.78, 5) is 22.6. The first-order chi connectivity index (χ1) is 9.65. The highest BCUT2D eigenvalue weighted by molar-refractivity contribution is 5.89. The predicted octanol–water partition coefficient (Wildman–Crippen LogP) is 1.40. The van der Waals surface area contributed by atoms with Gasteiger partial charge in [0.05, 0.1) is 0 Å². The Balaban J connectivity index is 1.72. The van der Waals surface area contributed by atoms with Gasteiger partial charge in [0.2, 0.25) is 11.8 Å². The number of para-hydroxylation sites is 1. The normalized spacial score (nSPS) is 13.8. The van der Waals surface area contributed by atoms with Gasteiger partial charge in [-0.3, -0.25) is 9.59 Å². The van der Waals surface area contributed by atoms with Crippen molar-refractivity contribution in [2.45, 2.75) is 38.8 Å². The van der Waals surface area contributed by atoms with Crippen LogP contribution in [0.25, 0.3) is 0 Å². The molecule has 1 aliphatic carbocycles. The van der Waals surface area contributed by atoms with E-state index in [1.807, 2.05) is 24.3 Å². The summed E-state index contributed by atoms with van der Waals surface area (Å²) in [5.74, 6) is 0.0245. The molecule has 0 saturated heterocycles. The maximum atomic E-state index is 11.5. The van der Waals surface area contributed by atoms with Crippen LogP contribution < -0.4 is 16.0 Å². The molecule has 5 nitrogen and oxygen atoms in total. The number of nitrogens with one attached hydrogen (secondary N) is 3. The Morgan fingerprint density at radius 2 is 2.00 bits per heavy atom. The lowest BCUT2D eigenvalue weighted by molar-refractivity contribution is -0.121. The molecule has 1 saturated carbocycles. The SMILES string of the molecule is CC(=O)Nc1ccccc1CNCCC(=O)NC1CC1. The summed E-state index contributed by atoms with van der Waals surface area (Å²) in [5, 5.41) is 8.98. The second kappa shape index (κ2) is 7.05. The topological polar surface area (TPSA) is 70.2 Å². The molecule has 0 aromatic heterocycles. The summed E-state index contributed by atoms with van der Waals surface area (Å²) >= 11 is 0. The van der Waals surface area contributed by atoms with E-state index < -0.39 is 0 Å². The molecule has 0 unspecified atom stereocenters. The Morgan fingerprint density at radius 1 is 1.25 bits per heavy atom. The third-order valence-corrected chi connectivity index (χ3v) is 3.11. The molecule has 1 aliphatic rings. The monoisotopic (exact) mass is 275 g/mol. The Morgan fingerprint density at radius 3 is 2.70 bits per heavy atom. The number of carbonyl (C=O) groups is 2. The highest BCUT2D eigenvalue weighted by Gasteiger charge is 2.22. The number of carbonyl (C=O) groups excluding carboxylic acids is 2. The lowest BCUT2D eigenvalue weighted by Crippen LogP contribution is -2.29. The van der Waals surface area contributed by atoms with Crippen LogP contribution in [0, 0.1) is 0 Å². The molecule has 0 heterocycles. The molecule has 20 heavy (non-hydrogen) atoms. The minimum Gasteiger partial charge on any atom is -0.353 e. The average Bonchev–Trinajstić information content (AvgIpc) is 3.19. The maximum absolute atomic E-state index is 11.5. The zero-order valence-electron chi connectivity index (χ0n) is 11.7. The van der Waals surface area contributed by atoms with E-state index in [-0.39, 0.29) is 11.8 Å². The third-order valence-electron chi connectivity index (χ3n) is 3.11. The molecule has 0 spiro atoms. The Bertz CT molecular complexity index is 484. The van der Waals surface area contributed by atoms with Crippen LogP contribution in [-0.4, -0.2) is 24.4 Å². The van der Waals surface area contributed by atoms with E-state index >= 15 is 0 Å². The summed E-state index contributed by atoms with van der Waals surface area (Å²) in [7, 11) is 0. The predicted molar refractivity (Wildman–Crippen MR) is 78.2 cm³/mol. The van der Waals surface area contributed by atoms with Crippen molar-refractivity contribution in [3.63, 3.8) is 0 Å². The Hall–Kier alpha value is -1.88. The fraction of sp³-hybridized carbons (Fsp3) is 0.467. The van der Waals surface area contributed by atoms with Crippen molar-refractivity contribution in [2.24, 2.45) is 0 Å². The Labute approximate surface area is 119 Å². The van der Waals surface area contributed by atoms with Crippen LogP contribution in [0.3, 0.4) is 0 Å². The quantitative estimate of drug-likeness (QED) is 0.659. The van der Waals surface area contributed by atoms with Gasteiger partial charge in [0.25, 0.3) is 0 Å². The highest BCUT2D eigenvalue weighted by atomic mass is 16.2. The van der Waals surface area contributed by atoms with Gasteiger partial charge >= 0.3 is 0 Å². The first kappa shape index (κ1) is 14.5. The molecule has 0 radical (unpaired) electrons. The number of amides is 2. The van der Waals surface area contributed by atoms with E-state index in [0.29, 0.717) is 25.6 Å². The zero-order valence-corrected chi connectivity index (χ0v) is 11.7. The number of hydrogen-bond acceptors (Lipinski definition) is 3. The van der Waals surface area contributed by atoms with Crippen molar-refractivity contribution in [1.29, 1.82) is 0 Å². The van der Waals surface area contributed by atoms with Crippen LogP contribution in [0.2, 0.25) is 0 Å². The van der Waals surface area contributed by atoms with E-state index in [9.17, 15) is 9.59 Å². The van der Waals surface area contributed by atoms with Gasteiger partial charge < -0.3 is 16.0 Å². The molecule has 1 aromatic rings. The number of rotatable bonds is 7. The van der Waals surface area contributed by atoms with E-state index in [1.165, 1.54) is 6.92 Å². The van der Waals surface area contributed by atoms with Crippen LogP contribution in [0.1, 0.15) is 31.7 Å². The first-order valence-corrected chi connectivity index (χ1v) is 7.00. The van der Waals surface area contributed by atoms with Crippen molar-refractivity contribution in [3.05, 3.63) is 29.8 Å². The highest BCUT2D eigenvalue weighted by Crippen LogP contribution is 2.18. The molecule has 1 aromatic carbocycles. The van der Waals surface area contributed by atoms with E-state index in [1.54, 1.807) is 0 Å². The van der Waals surface area contributed by atoms with Gasteiger partial charge in [-0.25, -0.2) is 0 Å². The molecule has 5 heteroatoms. The van der Waals surface area contributed by atoms with Gasteiger partial charge in [-0.15, -0.1) is 0 Å². The molecule has 108 valence electrons. The van der Waals surface area contributed by atoms with Gasteiger partial charge in [0, 0.05) is 38.2 Å². The van der Waals surface area contributed by atoms with Crippen LogP contribution in [0.15, 0.2) is 24.3 Å². The number of hydrogen-bond donors (Lipinski definition) is 3. The van der Waals surface area contributed by atoms with Crippen LogP contribution in [-0.2, 0) is 16.1 Å². The molecule has 3 N–H and O–H groups in total. The average molecular weight is 275 g/mol.